The van der Waals surface area contributed by atoms with Crippen LogP contribution in [0.15, 0.2) is 22.6 Å². The standard InChI is InChI=1S/C13H15N3O4/c1-19-13(6-3-7-13)8-14-12-15-11-9(16(17)18)4-2-5-10(11)20-12/h2,4-5H,3,6-8H2,1H3,(H,14,15). The van der Waals surface area contributed by atoms with Gasteiger partial charge in [-0.2, -0.15) is 4.98 Å². The molecular weight excluding hydrogens is 262 g/mol. The molecular formula is C13H15N3O4. The minimum Gasteiger partial charge on any atom is -0.423 e. The zero-order chi connectivity index (χ0) is 14.2. The Kier molecular flexibility index (Phi) is 3.06. The van der Waals surface area contributed by atoms with Crippen molar-refractivity contribution < 1.29 is 14.1 Å². The number of aromatic nitrogens is 1. The second-order valence-electron chi connectivity index (χ2n) is 4.99. The first-order chi connectivity index (χ1) is 9.63. The van der Waals surface area contributed by atoms with Crippen LogP contribution < -0.4 is 5.32 Å². The highest BCUT2D eigenvalue weighted by Crippen LogP contribution is 2.35. The Balaban J connectivity index is 1.82. The highest BCUT2D eigenvalue weighted by Gasteiger charge is 2.37. The molecule has 1 aromatic heterocycles. The number of non-ortho nitro benzene ring substituents is 1. The van der Waals surface area contributed by atoms with Crippen molar-refractivity contribution >= 4 is 22.8 Å². The van der Waals surface area contributed by atoms with Crippen LogP contribution in [0.3, 0.4) is 0 Å². The van der Waals surface area contributed by atoms with E-state index in [1.165, 1.54) is 6.07 Å². The van der Waals surface area contributed by atoms with Crippen LogP contribution in [-0.2, 0) is 4.74 Å². The van der Waals surface area contributed by atoms with Crippen LogP contribution in [0, 0.1) is 10.1 Å². The Morgan fingerprint density at radius 1 is 1.55 bits per heavy atom. The van der Waals surface area contributed by atoms with Crippen molar-refractivity contribution in [3.05, 3.63) is 28.3 Å². The third kappa shape index (κ3) is 2.09. The Bertz CT molecular complexity index is 643. The lowest BCUT2D eigenvalue weighted by molar-refractivity contribution is -0.383. The molecule has 0 spiro atoms. The molecule has 3 rings (SSSR count). The van der Waals surface area contributed by atoms with Crippen molar-refractivity contribution in [1.82, 2.24) is 4.98 Å². The minimum atomic E-state index is -0.461. The summed E-state index contributed by atoms with van der Waals surface area (Å²) >= 11 is 0. The number of ether oxygens (including phenoxy) is 1. The highest BCUT2D eigenvalue weighted by atomic mass is 16.6. The number of hydrogen-bond acceptors (Lipinski definition) is 6. The monoisotopic (exact) mass is 277 g/mol. The first-order valence-corrected chi connectivity index (χ1v) is 6.46. The summed E-state index contributed by atoms with van der Waals surface area (Å²) in [6, 6.07) is 4.95. The predicted molar refractivity (Wildman–Crippen MR) is 72.7 cm³/mol. The SMILES string of the molecule is COC1(CNc2nc3c([N+](=O)[O-])cccc3o2)CCC1. The summed E-state index contributed by atoms with van der Waals surface area (Å²) < 4.78 is 11.0. The molecule has 0 aliphatic heterocycles. The summed E-state index contributed by atoms with van der Waals surface area (Å²) in [7, 11) is 1.69. The number of benzene rings is 1. The molecule has 0 amide bonds. The lowest BCUT2D eigenvalue weighted by atomic mass is 9.80. The van der Waals surface area contributed by atoms with Gasteiger partial charge in [0, 0.05) is 19.7 Å². The Morgan fingerprint density at radius 3 is 2.95 bits per heavy atom. The fraction of sp³-hybridized carbons (Fsp3) is 0.462. The van der Waals surface area contributed by atoms with Gasteiger partial charge >= 0.3 is 0 Å². The molecule has 0 saturated heterocycles. The summed E-state index contributed by atoms with van der Waals surface area (Å²) in [5.74, 6) is 0. The zero-order valence-corrected chi connectivity index (χ0v) is 11.1. The molecule has 1 aromatic carbocycles. The van der Waals surface area contributed by atoms with Crippen LogP contribution in [0.2, 0.25) is 0 Å². The average molecular weight is 277 g/mol. The van der Waals surface area contributed by atoms with Crippen LogP contribution in [0.25, 0.3) is 11.1 Å². The van der Waals surface area contributed by atoms with Crippen molar-refractivity contribution in [3.8, 4) is 0 Å². The van der Waals surface area contributed by atoms with Crippen LogP contribution >= 0.6 is 0 Å². The van der Waals surface area contributed by atoms with E-state index in [1.807, 2.05) is 0 Å². The van der Waals surface area contributed by atoms with Crippen LogP contribution in [-0.4, -0.2) is 29.2 Å². The van der Waals surface area contributed by atoms with E-state index < -0.39 is 4.92 Å². The molecule has 2 aromatic rings. The number of hydrogen-bond donors (Lipinski definition) is 1. The lowest BCUT2D eigenvalue weighted by Crippen LogP contribution is -2.45. The van der Waals surface area contributed by atoms with E-state index in [9.17, 15) is 10.1 Å². The van der Waals surface area contributed by atoms with Gasteiger partial charge in [-0.05, 0) is 25.3 Å². The van der Waals surface area contributed by atoms with Gasteiger partial charge in [-0.25, -0.2) is 0 Å². The number of nitrogens with zero attached hydrogens (tertiary/aromatic N) is 2. The van der Waals surface area contributed by atoms with Crippen LogP contribution in [0.1, 0.15) is 19.3 Å². The fourth-order valence-electron chi connectivity index (χ4n) is 2.42. The largest absolute Gasteiger partial charge is 0.423 e. The zero-order valence-electron chi connectivity index (χ0n) is 11.1. The number of oxazole rings is 1. The van der Waals surface area contributed by atoms with Gasteiger partial charge in [-0.15, -0.1) is 0 Å². The molecule has 106 valence electrons. The topological polar surface area (TPSA) is 90.4 Å². The van der Waals surface area contributed by atoms with Gasteiger partial charge < -0.3 is 14.5 Å². The number of anilines is 1. The Hall–Kier alpha value is -2.15. The molecule has 0 radical (unpaired) electrons. The quantitative estimate of drug-likeness (QED) is 0.667. The van der Waals surface area contributed by atoms with E-state index in [-0.39, 0.29) is 22.8 Å². The second kappa shape index (κ2) is 4.75. The summed E-state index contributed by atoms with van der Waals surface area (Å²) in [5.41, 5.74) is 0.457. The van der Waals surface area contributed by atoms with E-state index in [1.54, 1.807) is 19.2 Å². The van der Waals surface area contributed by atoms with Gasteiger partial charge in [0.1, 0.15) is 0 Å². The number of nitrogens with one attached hydrogen (secondary N) is 1. The second-order valence-corrected chi connectivity index (χ2v) is 4.99. The summed E-state index contributed by atoms with van der Waals surface area (Å²) in [5, 5.41) is 14.0. The van der Waals surface area contributed by atoms with Crippen LogP contribution in [0.5, 0.6) is 0 Å². The number of para-hydroxylation sites is 1. The van der Waals surface area contributed by atoms with E-state index in [0.717, 1.165) is 19.3 Å². The maximum atomic E-state index is 10.9. The van der Waals surface area contributed by atoms with Gasteiger partial charge in [0.25, 0.3) is 11.7 Å². The molecule has 0 bridgehead atoms. The molecule has 20 heavy (non-hydrogen) atoms. The van der Waals surface area contributed by atoms with Gasteiger partial charge in [-0.1, -0.05) is 6.07 Å². The van der Waals surface area contributed by atoms with E-state index >= 15 is 0 Å². The fourth-order valence-corrected chi connectivity index (χ4v) is 2.42. The Morgan fingerprint density at radius 2 is 2.35 bits per heavy atom. The average Bonchev–Trinajstić information content (AvgIpc) is 2.80. The highest BCUT2D eigenvalue weighted by molar-refractivity contribution is 5.83. The van der Waals surface area contributed by atoms with Crippen molar-refractivity contribution in [2.75, 3.05) is 19.0 Å². The molecule has 0 atom stereocenters. The van der Waals surface area contributed by atoms with E-state index in [0.29, 0.717) is 12.1 Å². The number of fused-ring (bicyclic) bond motifs is 1. The minimum absolute atomic E-state index is 0.0515. The van der Waals surface area contributed by atoms with Gasteiger partial charge in [0.15, 0.2) is 11.1 Å². The third-order valence-electron chi connectivity index (χ3n) is 3.85. The van der Waals surface area contributed by atoms with Crippen molar-refractivity contribution in [2.24, 2.45) is 0 Å². The molecule has 7 heteroatoms. The van der Waals surface area contributed by atoms with E-state index in [2.05, 4.69) is 10.3 Å². The predicted octanol–water partition coefficient (Wildman–Crippen LogP) is 2.72. The van der Waals surface area contributed by atoms with Crippen molar-refractivity contribution in [3.63, 3.8) is 0 Å². The number of nitro groups is 1. The van der Waals surface area contributed by atoms with Gasteiger partial charge in [0.2, 0.25) is 0 Å². The maximum absolute atomic E-state index is 10.9. The summed E-state index contributed by atoms with van der Waals surface area (Å²) in [6.45, 7) is 0.587. The van der Waals surface area contributed by atoms with Gasteiger partial charge in [0.05, 0.1) is 10.5 Å². The molecule has 1 fully saturated rings. The molecule has 1 aliphatic rings. The summed E-state index contributed by atoms with van der Waals surface area (Å²) in [4.78, 5) is 14.6. The number of methoxy groups -OCH3 is 1. The molecule has 1 saturated carbocycles. The molecule has 1 heterocycles. The smallest absolute Gasteiger partial charge is 0.298 e. The van der Waals surface area contributed by atoms with Gasteiger partial charge in [-0.3, -0.25) is 10.1 Å². The lowest BCUT2D eigenvalue weighted by Gasteiger charge is -2.40. The number of rotatable bonds is 5. The van der Waals surface area contributed by atoms with Crippen molar-refractivity contribution in [2.45, 2.75) is 24.9 Å². The summed E-state index contributed by atoms with van der Waals surface area (Å²) in [6.07, 6.45) is 3.14. The normalized spacial score (nSPS) is 16.9. The third-order valence-corrected chi connectivity index (χ3v) is 3.85. The molecule has 1 N–H and O–H groups in total. The van der Waals surface area contributed by atoms with E-state index in [4.69, 9.17) is 9.15 Å². The molecule has 0 unspecified atom stereocenters. The Labute approximate surface area is 115 Å². The first-order valence-electron chi connectivity index (χ1n) is 6.46. The first kappa shape index (κ1) is 12.9. The maximum Gasteiger partial charge on any atom is 0.298 e. The van der Waals surface area contributed by atoms with Crippen LogP contribution in [0.4, 0.5) is 11.7 Å². The number of nitro benzene ring substituents is 1. The van der Waals surface area contributed by atoms with Crippen molar-refractivity contribution in [1.29, 1.82) is 0 Å². The molecule has 1 aliphatic carbocycles. The molecule has 7 nitrogen and oxygen atoms in total.